The molecule has 21 heavy (non-hydrogen) atoms. The number of rotatable bonds is 5. The lowest BCUT2D eigenvalue weighted by atomic mass is 10.0. The Bertz CT molecular complexity index is 518. The summed E-state index contributed by atoms with van der Waals surface area (Å²) in [5.74, 6) is -1.86. The third-order valence-corrected chi connectivity index (χ3v) is 2.98. The summed E-state index contributed by atoms with van der Waals surface area (Å²) < 4.78 is 13.1. The van der Waals surface area contributed by atoms with Crippen LogP contribution in [-0.2, 0) is 9.59 Å². The van der Waals surface area contributed by atoms with E-state index in [9.17, 15) is 19.1 Å². The molecule has 0 aliphatic rings. The van der Waals surface area contributed by atoms with Crippen molar-refractivity contribution >= 4 is 17.5 Å². The highest BCUT2D eigenvalue weighted by atomic mass is 19.1. The van der Waals surface area contributed by atoms with E-state index >= 15 is 0 Å². The van der Waals surface area contributed by atoms with Crippen LogP contribution in [0.3, 0.4) is 0 Å². The average molecular weight is 296 g/mol. The molecule has 5 nitrogen and oxygen atoms in total. The minimum atomic E-state index is -0.801. The third kappa shape index (κ3) is 5.91. The summed E-state index contributed by atoms with van der Waals surface area (Å²) in [6.07, 6.45) is 0.0897. The molecule has 1 aromatic rings. The number of carbonyl (C=O) groups is 2. The molecular weight excluding hydrogens is 275 g/mol. The highest BCUT2D eigenvalue weighted by Crippen LogP contribution is 2.13. The van der Waals surface area contributed by atoms with Gasteiger partial charge in [-0.15, -0.1) is 0 Å². The van der Waals surface area contributed by atoms with Crippen LogP contribution in [0.2, 0.25) is 0 Å². The molecule has 0 heterocycles. The highest BCUT2D eigenvalue weighted by molar-refractivity contribution is 6.39. The van der Waals surface area contributed by atoms with Gasteiger partial charge in [-0.2, -0.15) is 0 Å². The first-order chi connectivity index (χ1) is 9.79. The van der Waals surface area contributed by atoms with Crippen LogP contribution < -0.4 is 10.6 Å². The average Bonchev–Trinajstić information content (AvgIpc) is 2.39. The summed E-state index contributed by atoms with van der Waals surface area (Å²) in [6, 6.07) is 4.08. The second kappa shape index (κ2) is 7.73. The molecule has 1 aromatic carbocycles. The largest absolute Gasteiger partial charge is 0.393 e. The molecule has 0 spiro atoms. The van der Waals surface area contributed by atoms with Crippen molar-refractivity contribution < 1.29 is 19.1 Å². The molecule has 0 saturated heterocycles. The number of halogens is 1. The number of nitrogens with one attached hydrogen (secondary N) is 2. The smallest absolute Gasteiger partial charge is 0.313 e. The van der Waals surface area contributed by atoms with Crippen LogP contribution in [-0.4, -0.2) is 29.6 Å². The first-order valence-corrected chi connectivity index (χ1v) is 6.83. The zero-order valence-electron chi connectivity index (χ0n) is 12.4. The predicted molar refractivity (Wildman–Crippen MR) is 78.2 cm³/mol. The van der Waals surface area contributed by atoms with Crippen LogP contribution in [0, 0.1) is 18.7 Å². The van der Waals surface area contributed by atoms with E-state index < -0.39 is 17.9 Å². The molecule has 2 atom stereocenters. The summed E-state index contributed by atoms with van der Waals surface area (Å²) in [7, 11) is 0. The molecule has 6 heteroatoms. The molecule has 0 aromatic heterocycles. The Balaban J connectivity index is 2.47. The zero-order chi connectivity index (χ0) is 16.0. The van der Waals surface area contributed by atoms with Gasteiger partial charge in [0.2, 0.25) is 0 Å². The SMILES string of the molecule is Cc1cc(NC(=O)C(=O)NCC(C)CC(C)O)ccc1F. The van der Waals surface area contributed by atoms with Crippen molar-refractivity contribution in [3.63, 3.8) is 0 Å². The summed E-state index contributed by atoms with van der Waals surface area (Å²) in [5, 5.41) is 14.1. The van der Waals surface area contributed by atoms with E-state index in [-0.39, 0.29) is 11.7 Å². The van der Waals surface area contributed by atoms with Gasteiger partial charge in [-0.05, 0) is 49.9 Å². The molecule has 0 radical (unpaired) electrons. The van der Waals surface area contributed by atoms with Crippen molar-refractivity contribution in [2.24, 2.45) is 5.92 Å². The number of aryl methyl sites for hydroxylation is 1. The monoisotopic (exact) mass is 296 g/mol. The number of aliphatic hydroxyl groups is 1. The Morgan fingerprint density at radius 3 is 2.52 bits per heavy atom. The standard InChI is InChI=1S/C15H21FN2O3/c1-9(6-11(3)19)8-17-14(20)15(21)18-12-4-5-13(16)10(2)7-12/h4-5,7,9,11,19H,6,8H2,1-3H3,(H,17,20)(H,18,21). The second-order valence-corrected chi connectivity index (χ2v) is 5.32. The lowest BCUT2D eigenvalue weighted by Crippen LogP contribution is -2.38. The number of hydrogen-bond acceptors (Lipinski definition) is 3. The number of hydrogen-bond donors (Lipinski definition) is 3. The fourth-order valence-corrected chi connectivity index (χ4v) is 1.92. The lowest BCUT2D eigenvalue weighted by molar-refractivity contribution is -0.136. The van der Waals surface area contributed by atoms with Gasteiger partial charge in [0.1, 0.15) is 5.82 Å². The fraction of sp³-hybridized carbons (Fsp3) is 0.467. The van der Waals surface area contributed by atoms with E-state index in [0.29, 0.717) is 24.2 Å². The summed E-state index contributed by atoms with van der Waals surface area (Å²) in [4.78, 5) is 23.3. The van der Waals surface area contributed by atoms with Crippen molar-refractivity contribution in [3.05, 3.63) is 29.6 Å². The van der Waals surface area contributed by atoms with Gasteiger partial charge >= 0.3 is 11.8 Å². The van der Waals surface area contributed by atoms with Crippen LogP contribution in [0.4, 0.5) is 10.1 Å². The number of benzene rings is 1. The Kier molecular flexibility index (Phi) is 6.30. The fourth-order valence-electron chi connectivity index (χ4n) is 1.92. The van der Waals surface area contributed by atoms with Crippen LogP contribution in [0.25, 0.3) is 0 Å². The number of aliphatic hydroxyl groups excluding tert-OH is 1. The molecule has 116 valence electrons. The van der Waals surface area contributed by atoms with E-state index in [4.69, 9.17) is 0 Å². The second-order valence-electron chi connectivity index (χ2n) is 5.32. The zero-order valence-corrected chi connectivity index (χ0v) is 12.4. The van der Waals surface area contributed by atoms with Crippen LogP contribution in [0.1, 0.15) is 25.8 Å². The van der Waals surface area contributed by atoms with Gasteiger partial charge in [-0.25, -0.2) is 4.39 Å². The van der Waals surface area contributed by atoms with E-state index in [0.717, 1.165) is 0 Å². The third-order valence-electron chi connectivity index (χ3n) is 2.98. The molecule has 2 unspecified atom stereocenters. The quantitative estimate of drug-likeness (QED) is 0.722. The van der Waals surface area contributed by atoms with E-state index in [1.165, 1.54) is 18.2 Å². The van der Waals surface area contributed by atoms with Crippen LogP contribution in [0.15, 0.2) is 18.2 Å². The van der Waals surface area contributed by atoms with Crippen molar-refractivity contribution in [1.29, 1.82) is 0 Å². The first kappa shape index (κ1) is 17.1. The maximum Gasteiger partial charge on any atom is 0.313 e. The van der Waals surface area contributed by atoms with Crippen LogP contribution >= 0.6 is 0 Å². The number of carbonyl (C=O) groups excluding carboxylic acids is 2. The summed E-state index contributed by atoms with van der Waals surface area (Å²) in [6.45, 7) is 5.42. The van der Waals surface area contributed by atoms with E-state index in [1.807, 2.05) is 6.92 Å². The molecule has 0 bridgehead atoms. The molecule has 1 rings (SSSR count). The molecule has 2 amide bonds. The van der Waals surface area contributed by atoms with Gasteiger partial charge in [-0.3, -0.25) is 9.59 Å². The molecule has 0 saturated carbocycles. The summed E-state index contributed by atoms with van der Waals surface area (Å²) in [5.41, 5.74) is 0.754. The first-order valence-electron chi connectivity index (χ1n) is 6.83. The minimum Gasteiger partial charge on any atom is -0.393 e. The predicted octanol–water partition coefficient (Wildman–Crippen LogP) is 1.60. The van der Waals surface area contributed by atoms with Crippen molar-refractivity contribution in [2.45, 2.75) is 33.3 Å². The minimum absolute atomic E-state index is 0.0646. The molecular formula is C15H21FN2O3. The topological polar surface area (TPSA) is 78.4 Å². The Morgan fingerprint density at radius 1 is 1.29 bits per heavy atom. The van der Waals surface area contributed by atoms with Crippen molar-refractivity contribution in [1.82, 2.24) is 5.32 Å². The number of anilines is 1. The van der Waals surface area contributed by atoms with Gasteiger partial charge in [0.05, 0.1) is 6.10 Å². The Morgan fingerprint density at radius 2 is 1.95 bits per heavy atom. The van der Waals surface area contributed by atoms with Gasteiger partial charge in [0, 0.05) is 12.2 Å². The van der Waals surface area contributed by atoms with E-state index in [2.05, 4.69) is 10.6 Å². The molecule has 0 fully saturated rings. The molecule has 0 aliphatic carbocycles. The Hall–Kier alpha value is -1.95. The Labute approximate surface area is 123 Å². The van der Waals surface area contributed by atoms with Crippen molar-refractivity contribution in [2.75, 3.05) is 11.9 Å². The normalized spacial score (nSPS) is 13.4. The van der Waals surface area contributed by atoms with Gasteiger partial charge < -0.3 is 15.7 Å². The van der Waals surface area contributed by atoms with E-state index in [1.54, 1.807) is 13.8 Å². The van der Waals surface area contributed by atoms with Gasteiger partial charge in [0.15, 0.2) is 0 Å². The van der Waals surface area contributed by atoms with Gasteiger partial charge in [0.25, 0.3) is 0 Å². The lowest BCUT2D eigenvalue weighted by Gasteiger charge is -2.14. The maximum atomic E-state index is 13.1. The van der Waals surface area contributed by atoms with Crippen LogP contribution in [0.5, 0.6) is 0 Å². The molecule has 3 N–H and O–H groups in total. The maximum absolute atomic E-state index is 13.1. The molecule has 0 aliphatic heterocycles. The van der Waals surface area contributed by atoms with Gasteiger partial charge in [-0.1, -0.05) is 6.92 Å². The number of amides is 2. The van der Waals surface area contributed by atoms with Crippen molar-refractivity contribution in [3.8, 4) is 0 Å². The summed E-state index contributed by atoms with van der Waals surface area (Å²) >= 11 is 0. The highest BCUT2D eigenvalue weighted by Gasteiger charge is 2.15.